The second kappa shape index (κ2) is 4.12. The van der Waals surface area contributed by atoms with Gasteiger partial charge in [-0.2, -0.15) is 0 Å². The molecule has 2 saturated heterocycles. The number of nitrogens with zero attached hydrogens (tertiary/aromatic N) is 3. The summed E-state index contributed by atoms with van der Waals surface area (Å²) in [5.41, 5.74) is -0.954. The van der Waals surface area contributed by atoms with Crippen LogP contribution < -0.4 is 10.2 Å². The molecule has 0 amide bonds. The normalized spacial score (nSPS) is 30.9. The van der Waals surface area contributed by atoms with E-state index in [4.69, 9.17) is 0 Å². The summed E-state index contributed by atoms with van der Waals surface area (Å²) in [7, 11) is 0. The van der Waals surface area contributed by atoms with Gasteiger partial charge in [0.05, 0.1) is 5.41 Å². The van der Waals surface area contributed by atoms with Crippen LogP contribution in [0.25, 0.3) is 0 Å². The van der Waals surface area contributed by atoms with Gasteiger partial charge in [0.1, 0.15) is 0 Å². The SMILES string of the molecule is FC1(F)CCNC[C@]12CCN(c1ncccn1)C2. The second-order valence-corrected chi connectivity index (χ2v) is 5.13. The van der Waals surface area contributed by atoms with E-state index in [-0.39, 0.29) is 6.42 Å². The van der Waals surface area contributed by atoms with E-state index in [0.717, 1.165) is 0 Å². The van der Waals surface area contributed by atoms with Gasteiger partial charge in [0.15, 0.2) is 0 Å². The lowest BCUT2D eigenvalue weighted by molar-refractivity contribution is -0.131. The maximum absolute atomic E-state index is 14.1. The van der Waals surface area contributed by atoms with Crippen molar-refractivity contribution in [2.45, 2.75) is 18.8 Å². The van der Waals surface area contributed by atoms with Gasteiger partial charge in [-0.25, -0.2) is 18.7 Å². The number of aromatic nitrogens is 2. The van der Waals surface area contributed by atoms with E-state index in [0.29, 0.717) is 38.5 Å². The van der Waals surface area contributed by atoms with Crippen molar-refractivity contribution in [1.82, 2.24) is 15.3 Å². The van der Waals surface area contributed by atoms with Gasteiger partial charge in [-0.3, -0.25) is 0 Å². The van der Waals surface area contributed by atoms with Crippen LogP contribution in [0.5, 0.6) is 0 Å². The fourth-order valence-corrected chi connectivity index (χ4v) is 2.91. The summed E-state index contributed by atoms with van der Waals surface area (Å²) < 4.78 is 28.3. The number of halogens is 2. The van der Waals surface area contributed by atoms with Crippen molar-refractivity contribution in [3.05, 3.63) is 18.5 Å². The number of rotatable bonds is 1. The fraction of sp³-hybridized carbons (Fsp3) is 0.667. The van der Waals surface area contributed by atoms with Crippen LogP contribution in [0.1, 0.15) is 12.8 Å². The molecule has 4 nitrogen and oxygen atoms in total. The van der Waals surface area contributed by atoms with E-state index in [9.17, 15) is 8.78 Å². The molecule has 1 atom stereocenters. The highest BCUT2D eigenvalue weighted by Gasteiger charge is 2.58. The molecular formula is C12H16F2N4. The molecule has 0 bridgehead atoms. The zero-order valence-electron chi connectivity index (χ0n) is 10.1. The number of hydrogen-bond acceptors (Lipinski definition) is 4. The van der Waals surface area contributed by atoms with Gasteiger partial charge in [0.25, 0.3) is 5.92 Å². The van der Waals surface area contributed by atoms with E-state index >= 15 is 0 Å². The lowest BCUT2D eigenvalue weighted by atomic mass is 9.76. The molecule has 2 aliphatic rings. The van der Waals surface area contributed by atoms with Crippen LogP contribution in [0.4, 0.5) is 14.7 Å². The Hall–Kier alpha value is -1.30. The smallest absolute Gasteiger partial charge is 0.257 e. The van der Waals surface area contributed by atoms with E-state index in [1.165, 1.54) is 0 Å². The van der Waals surface area contributed by atoms with Crippen molar-refractivity contribution in [2.75, 3.05) is 31.1 Å². The third-order valence-electron chi connectivity index (χ3n) is 4.04. The molecular weight excluding hydrogens is 238 g/mol. The van der Waals surface area contributed by atoms with Crippen molar-refractivity contribution in [1.29, 1.82) is 0 Å². The van der Waals surface area contributed by atoms with Crippen LogP contribution in [-0.2, 0) is 0 Å². The Morgan fingerprint density at radius 1 is 1.22 bits per heavy atom. The Bertz CT molecular complexity index is 425. The standard InChI is InChI=1S/C12H16F2N4/c13-12(14)2-6-15-8-11(12)3-7-18(9-11)10-16-4-1-5-17-10/h1,4-5,15H,2-3,6-9H2/t11-/m0/s1. The summed E-state index contributed by atoms with van der Waals surface area (Å²) in [6.07, 6.45) is 3.71. The van der Waals surface area contributed by atoms with Crippen LogP contribution in [-0.4, -0.2) is 42.1 Å². The van der Waals surface area contributed by atoms with Gasteiger partial charge >= 0.3 is 0 Å². The highest BCUT2D eigenvalue weighted by molar-refractivity contribution is 5.33. The van der Waals surface area contributed by atoms with Gasteiger partial charge in [0, 0.05) is 45.0 Å². The molecule has 0 aromatic carbocycles. The number of hydrogen-bond donors (Lipinski definition) is 1. The van der Waals surface area contributed by atoms with Gasteiger partial charge in [-0.05, 0) is 12.5 Å². The summed E-state index contributed by atoms with van der Waals surface area (Å²) >= 11 is 0. The lowest BCUT2D eigenvalue weighted by Crippen LogP contribution is -2.55. The molecule has 1 spiro atoms. The first-order valence-corrected chi connectivity index (χ1v) is 6.24. The quantitative estimate of drug-likeness (QED) is 0.820. The molecule has 1 aromatic rings. The van der Waals surface area contributed by atoms with E-state index in [1.807, 2.05) is 4.90 Å². The first kappa shape index (κ1) is 11.8. The lowest BCUT2D eigenvalue weighted by Gasteiger charge is -2.41. The molecule has 0 aliphatic carbocycles. The van der Waals surface area contributed by atoms with E-state index in [2.05, 4.69) is 15.3 Å². The number of piperidine rings is 1. The molecule has 0 saturated carbocycles. The molecule has 3 rings (SSSR count). The van der Waals surface area contributed by atoms with Gasteiger partial charge < -0.3 is 10.2 Å². The summed E-state index contributed by atoms with van der Waals surface area (Å²) in [5.74, 6) is -2.04. The molecule has 3 heterocycles. The largest absolute Gasteiger partial charge is 0.340 e. The first-order valence-electron chi connectivity index (χ1n) is 6.24. The molecule has 6 heteroatoms. The molecule has 98 valence electrons. The van der Waals surface area contributed by atoms with Crippen molar-refractivity contribution in [2.24, 2.45) is 5.41 Å². The monoisotopic (exact) mass is 254 g/mol. The average Bonchev–Trinajstić information content (AvgIpc) is 2.81. The van der Waals surface area contributed by atoms with Crippen molar-refractivity contribution in [3.63, 3.8) is 0 Å². The van der Waals surface area contributed by atoms with E-state index < -0.39 is 11.3 Å². The summed E-state index contributed by atoms with van der Waals surface area (Å²) in [6.45, 7) is 1.71. The zero-order chi connectivity index (χ0) is 12.6. The summed E-state index contributed by atoms with van der Waals surface area (Å²) in [5, 5.41) is 3.10. The highest BCUT2D eigenvalue weighted by Crippen LogP contribution is 2.47. The first-order chi connectivity index (χ1) is 8.63. The Labute approximate surface area is 104 Å². The molecule has 0 radical (unpaired) electrons. The molecule has 1 N–H and O–H groups in total. The average molecular weight is 254 g/mol. The minimum absolute atomic E-state index is 0.0729. The Kier molecular flexibility index (Phi) is 2.69. The Morgan fingerprint density at radius 3 is 2.72 bits per heavy atom. The molecule has 0 unspecified atom stereocenters. The molecule has 18 heavy (non-hydrogen) atoms. The minimum atomic E-state index is -2.60. The predicted octanol–water partition coefficient (Wildman–Crippen LogP) is 1.30. The van der Waals surface area contributed by atoms with Crippen molar-refractivity contribution >= 4 is 5.95 Å². The van der Waals surface area contributed by atoms with Crippen LogP contribution in [0.2, 0.25) is 0 Å². The molecule has 2 aliphatic heterocycles. The number of anilines is 1. The minimum Gasteiger partial charge on any atom is -0.340 e. The fourth-order valence-electron chi connectivity index (χ4n) is 2.91. The van der Waals surface area contributed by atoms with Crippen molar-refractivity contribution in [3.8, 4) is 0 Å². The number of nitrogens with one attached hydrogen (secondary N) is 1. The number of alkyl halides is 2. The van der Waals surface area contributed by atoms with Gasteiger partial charge in [-0.15, -0.1) is 0 Å². The topological polar surface area (TPSA) is 41.0 Å². The third kappa shape index (κ3) is 1.75. The van der Waals surface area contributed by atoms with Gasteiger partial charge in [-0.1, -0.05) is 0 Å². The molecule has 2 fully saturated rings. The van der Waals surface area contributed by atoms with Crippen molar-refractivity contribution < 1.29 is 8.78 Å². The maximum atomic E-state index is 14.1. The zero-order valence-corrected chi connectivity index (χ0v) is 10.1. The Morgan fingerprint density at radius 2 is 2.00 bits per heavy atom. The Balaban J connectivity index is 1.82. The summed E-state index contributed by atoms with van der Waals surface area (Å²) in [6, 6.07) is 1.73. The van der Waals surface area contributed by atoms with Crippen LogP contribution in [0, 0.1) is 5.41 Å². The predicted molar refractivity (Wildman–Crippen MR) is 63.7 cm³/mol. The van der Waals surface area contributed by atoms with Crippen LogP contribution >= 0.6 is 0 Å². The third-order valence-corrected chi connectivity index (χ3v) is 4.04. The molecule has 1 aromatic heterocycles. The highest BCUT2D eigenvalue weighted by atomic mass is 19.3. The van der Waals surface area contributed by atoms with E-state index in [1.54, 1.807) is 18.5 Å². The van der Waals surface area contributed by atoms with Gasteiger partial charge in [0.2, 0.25) is 5.95 Å². The van der Waals surface area contributed by atoms with Crippen LogP contribution in [0.3, 0.4) is 0 Å². The summed E-state index contributed by atoms with van der Waals surface area (Å²) in [4.78, 5) is 10.1. The van der Waals surface area contributed by atoms with Crippen LogP contribution in [0.15, 0.2) is 18.5 Å². The second-order valence-electron chi connectivity index (χ2n) is 5.13. The maximum Gasteiger partial charge on any atom is 0.257 e.